The van der Waals surface area contributed by atoms with Crippen LogP contribution in [0.25, 0.3) is 5.57 Å². The van der Waals surface area contributed by atoms with Crippen LogP contribution in [-0.2, 0) is 0 Å². The number of terminal acetylenes is 3. The van der Waals surface area contributed by atoms with E-state index in [1.54, 1.807) is 12.1 Å². The number of carboxylic acids is 1. The van der Waals surface area contributed by atoms with Crippen molar-refractivity contribution < 1.29 is 15.0 Å². The van der Waals surface area contributed by atoms with Crippen molar-refractivity contribution in [3.63, 3.8) is 0 Å². The van der Waals surface area contributed by atoms with Crippen molar-refractivity contribution in [1.82, 2.24) is 0 Å². The Morgan fingerprint density at radius 3 is 2.09 bits per heavy atom. The molecule has 0 saturated heterocycles. The third kappa shape index (κ3) is 6.36. The second kappa shape index (κ2) is 15.6. The van der Waals surface area contributed by atoms with Gasteiger partial charge in [-0.2, -0.15) is 0 Å². The highest BCUT2D eigenvalue weighted by atomic mass is 16.4. The van der Waals surface area contributed by atoms with Crippen LogP contribution < -0.4 is 0 Å². The van der Waals surface area contributed by atoms with Crippen molar-refractivity contribution >= 4 is 11.5 Å². The van der Waals surface area contributed by atoms with Gasteiger partial charge in [-0.3, -0.25) is 0 Å². The summed E-state index contributed by atoms with van der Waals surface area (Å²) in [6, 6.07) is 5.69. The molecule has 4 fully saturated rings. The summed E-state index contributed by atoms with van der Waals surface area (Å²) in [4.78, 5) is 11.5. The highest BCUT2D eigenvalue weighted by molar-refractivity contribution is 5.89. The Hall–Kier alpha value is -3.19. The quantitative estimate of drug-likeness (QED) is 0.260. The van der Waals surface area contributed by atoms with E-state index in [0.29, 0.717) is 28.9 Å². The SMILES string of the molecule is C#C.C#C.C#C.C=CC.Cc1cc(C(=O)O)ccc1C1=CC[C@@]2(C)C(CC[C@@]3(C)C4CC[C@@]5(CO)CCCC5[C@H]4CCC32)C1(C)C. The summed E-state index contributed by atoms with van der Waals surface area (Å²) >= 11 is 0. The Balaban J connectivity index is 0.000000749. The largest absolute Gasteiger partial charge is 0.478 e. The molecule has 3 nitrogen and oxygen atoms in total. The van der Waals surface area contributed by atoms with Gasteiger partial charge in [-0.1, -0.05) is 52.3 Å². The maximum Gasteiger partial charge on any atom is 0.335 e. The summed E-state index contributed by atoms with van der Waals surface area (Å²) in [7, 11) is 0. The number of rotatable bonds is 3. The smallest absolute Gasteiger partial charge is 0.335 e. The molecule has 0 bridgehead atoms. The Labute approximate surface area is 281 Å². The van der Waals surface area contributed by atoms with E-state index in [0.717, 1.165) is 35.7 Å². The number of fused-ring (bicyclic) bond motifs is 7. The van der Waals surface area contributed by atoms with E-state index < -0.39 is 5.97 Å². The summed E-state index contributed by atoms with van der Waals surface area (Å²) in [5.74, 6) is 2.95. The van der Waals surface area contributed by atoms with E-state index in [4.69, 9.17) is 0 Å². The Kier molecular flexibility index (Phi) is 13.2. The maximum atomic E-state index is 11.5. The number of carbonyl (C=O) groups is 1. The van der Waals surface area contributed by atoms with Crippen LogP contribution in [0, 0.1) is 96.7 Å². The molecule has 46 heavy (non-hydrogen) atoms. The number of aliphatic hydroxyl groups is 1. The molecule has 2 N–H and O–H groups in total. The van der Waals surface area contributed by atoms with Crippen molar-refractivity contribution in [3.8, 4) is 38.5 Å². The van der Waals surface area contributed by atoms with E-state index in [1.807, 2.05) is 13.0 Å². The summed E-state index contributed by atoms with van der Waals surface area (Å²) in [5.41, 5.74) is 5.15. The number of allylic oxidation sites excluding steroid dienone is 3. The van der Waals surface area contributed by atoms with Gasteiger partial charge in [0, 0.05) is 6.61 Å². The molecular weight excluding hydrogens is 564 g/mol. The molecule has 0 aromatic heterocycles. The van der Waals surface area contributed by atoms with Crippen LogP contribution >= 0.6 is 0 Å². The lowest BCUT2D eigenvalue weighted by Gasteiger charge is -2.68. The van der Waals surface area contributed by atoms with E-state index in [1.165, 1.54) is 68.9 Å². The fraction of sp³-hybridized carbons (Fsp3) is 0.605. The van der Waals surface area contributed by atoms with Gasteiger partial charge >= 0.3 is 5.97 Å². The molecule has 0 radical (unpaired) electrons. The fourth-order valence-electron chi connectivity index (χ4n) is 11.8. The Morgan fingerprint density at radius 1 is 0.891 bits per heavy atom. The molecule has 8 atom stereocenters. The number of carboxylic acid groups (broad SMARTS) is 1. The lowest BCUT2D eigenvalue weighted by atomic mass is 9.36. The topological polar surface area (TPSA) is 57.5 Å². The van der Waals surface area contributed by atoms with Gasteiger partial charge in [-0.05, 0) is 152 Å². The van der Waals surface area contributed by atoms with Crippen molar-refractivity contribution in [3.05, 3.63) is 53.6 Å². The summed E-state index contributed by atoms with van der Waals surface area (Å²) in [5, 5.41) is 19.9. The number of aryl methyl sites for hydroxylation is 1. The molecule has 0 spiro atoms. The number of hydrogen-bond acceptors (Lipinski definition) is 2. The molecule has 0 aliphatic heterocycles. The molecular formula is C43H60O3. The molecule has 4 unspecified atom stereocenters. The molecule has 4 saturated carbocycles. The third-order valence-electron chi connectivity index (χ3n) is 13.3. The van der Waals surface area contributed by atoms with E-state index >= 15 is 0 Å². The molecule has 5 aliphatic rings. The summed E-state index contributed by atoms with van der Waals surface area (Å²) < 4.78 is 0. The number of aromatic carboxylic acids is 1. The van der Waals surface area contributed by atoms with Gasteiger partial charge in [0.2, 0.25) is 0 Å². The predicted molar refractivity (Wildman–Crippen MR) is 195 cm³/mol. The zero-order valence-corrected chi connectivity index (χ0v) is 29.5. The van der Waals surface area contributed by atoms with E-state index in [-0.39, 0.29) is 10.8 Å². The molecule has 0 heterocycles. The van der Waals surface area contributed by atoms with Crippen molar-refractivity contribution in [2.45, 2.75) is 106 Å². The summed E-state index contributed by atoms with van der Waals surface area (Å²) in [6.45, 7) is 18.0. The molecule has 0 amide bonds. The minimum atomic E-state index is -0.849. The molecule has 1 aromatic rings. The number of benzene rings is 1. The molecule has 250 valence electrons. The van der Waals surface area contributed by atoms with Gasteiger partial charge < -0.3 is 10.2 Å². The van der Waals surface area contributed by atoms with Crippen LogP contribution in [0.2, 0.25) is 0 Å². The van der Waals surface area contributed by atoms with E-state index in [2.05, 4.69) is 91.9 Å². The standard InChI is InChI=1S/C34H48O3.C3H6.3C2H2/c1-21-19-22(30(36)37)8-9-23(21)25-12-16-33(5)28(31(25,2)3)14-17-32(4)26-13-18-34(20-35)15-6-7-27(34)24(26)10-11-29(32)33;1-3-2;3*1-2/h8-9,12,19,24,26-29,35H,6-7,10-11,13-18,20H2,1-5H3,(H,36,37);3H,1H2,2H3;3*1-2H/t24-,26?,27?,28?,29?,32-,33-,34+;;;;/m0..../s1. The lowest BCUT2D eigenvalue weighted by molar-refractivity contribution is -0.181. The predicted octanol–water partition coefficient (Wildman–Crippen LogP) is 10.1. The second-order valence-electron chi connectivity index (χ2n) is 15.3. The zero-order valence-electron chi connectivity index (χ0n) is 29.5. The zero-order chi connectivity index (χ0) is 35.1. The first-order valence-electron chi connectivity index (χ1n) is 17.1. The van der Waals surface area contributed by atoms with E-state index in [9.17, 15) is 15.0 Å². The maximum absolute atomic E-state index is 11.5. The first-order chi connectivity index (χ1) is 21.9. The average molecular weight is 625 g/mol. The van der Waals surface area contributed by atoms with Gasteiger partial charge in [0.15, 0.2) is 0 Å². The average Bonchev–Trinajstić information content (AvgIpc) is 3.49. The molecule has 1 aromatic carbocycles. The highest BCUT2D eigenvalue weighted by Crippen LogP contribution is 2.73. The normalized spacial score (nSPS) is 35.9. The number of hydrogen-bond donors (Lipinski definition) is 2. The first-order valence-corrected chi connectivity index (χ1v) is 17.1. The highest BCUT2D eigenvalue weighted by Gasteiger charge is 2.65. The van der Waals surface area contributed by atoms with Crippen LogP contribution in [0.1, 0.15) is 120 Å². The van der Waals surface area contributed by atoms with Crippen molar-refractivity contribution in [1.29, 1.82) is 0 Å². The number of aliphatic hydroxyl groups excluding tert-OH is 1. The molecule has 5 aliphatic carbocycles. The van der Waals surface area contributed by atoms with Gasteiger partial charge in [0.05, 0.1) is 5.56 Å². The van der Waals surface area contributed by atoms with Crippen LogP contribution in [0.3, 0.4) is 0 Å². The minimum absolute atomic E-state index is 0.0603. The molecule has 6 rings (SSSR count). The Morgan fingerprint density at radius 2 is 1.52 bits per heavy atom. The van der Waals surface area contributed by atoms with Crippen molar-refractivity contribution in [2.75, 3.05) is 6.61 Å². The van der Waals surface area contributed by atoms with Gasteiger partial charge in [0.25, 0.3) is 0 Å². The molecule has 3 heteroatoms. The monoisotopic (exact) mass is 624 g/mol. The minimum Gasteiger partial charge on any atom is -0.478 e. The van der Waals surface area contributed by atoms with Crippen LogP contribution in [0.5, 0.6) is 0 Å². The van der Waals surface area contributed by atoms with Gasteiger partial charge in [-0.15, -0.1) is 45.1 Å². The second-order valence-corrected chi connectivity index (χ2v) is 15.3. The van der Waals surface area contributed by atoms with Crippen LogP contribution in [-0.4, -0.2) is 22.8 Å². The van der Waals surface area contributed by atoms with Crippen LogP contribution in [0.15, 0.2) is 36.9 Å². The third-order valence-corrected chi connectivity index (χ3v) is 13.3. The first kappa shape index (κ1) is 39.0. The summed E-state index contributed by atoms with van der Waals surface area (Å²) in [6.07, 6.45) is 41.3. The van der Waals surface area contributed by atoms with Crippen LogP contribution in [0.4, 0.5) is 0 Å². The Bertz CT molecular complexity index is 1290. The van der Waals surface area contributed by atoms with Crippen molar-refractivity contribution in [2.24, 2.45) is 51.2 Å². The van der Waals surface area contributed by atoms with Gasteiger partial charge in [0.1, 0.15) is 0 Å². The van der Waals surface area contributed by atoms with Gasteiger partial charge in [-0.25, -0.2) is 4.79 Å². The fourth-order valence-corrected chi connectivity index (χ4v) is 11.8. The lowest BCUT2D eigenvalue weighted by Crippen LogP contribution is -2.61.